The Morgan fingerprint density at radius 1 is 1.44 bits per heavy atom. The first-order chi connectivity index (χ1) is 11.9. The zero-order valence-electron chi connectivity index (χ0n) is 13.4. The molecule has 2 N–H and O–H groups in total. The quantitative estimate of drug-likeness (QED) is 0.586. The van der Waals surface area contributed by atoms with Gasteiger partial charge in [-0.2, -0.15) is 4.98 Å². The highest BCUT2D eigenvalue weighted by atomic mass is 35.5. The van der Waals surface area contributed by atoms with Crippen LogP contribution in [-0.2, 0) is 18.4 Å². The Bertz CT molecular complexity index is 1120. The summed E-state index contributed by atoms with van der Waals surface area (Å²) in [5.74, 6) is -0.239. The van der Waals surface area contributed by atoms with Gasteiger partial charge in [0.25, 0.3) is 0 Å². The molecule has 1 amide bonds. The lowest BCUT2D eigenvalue weighted by Gasteiger charge is -2.03. The number of halogens is 1. The second-order valence-corrected chi connectivity index (χ2v) is 6.15. The predicted octanol–water partition coefficient (Wildman–Crippen LogP) is 2.82. The van der Waals surface area contributed by atoms with E-state index in [9.17, 15) is 9.90 Å². The molecule has 25 heavy (non-hydrogen) atoms. The fourth-order valence-corrected chi connectivity index (χ4v) is 2.90. The van der Waals surface area contributed by atoms with Gasteiger partial charge in [0.2, 0.25) is 5.91 Å². The van der Waals surface area contributed by atoms with Crippen LogP contribution in [0.1, 0.15) is 5.69 Å². The van der Waals surface area contributed by atoms with E-state index in [1.165, 1.54) is 6.33 Å². The van der Waals surface area contributed by atoms with Gasteiger partial charge in [-0.15, -0.1) is 0 Å². The number of rotatable bonds is 3. The molecule has 0 aliphatic carbocycles. The Labute approximate surface area is 146 Å². The molecule has 4 aromatic rings. The Hall–Kier alpha value is -3.00. The van der Waals surface area contributed by atoms with Crippen molar-refractivity contribution in [2.24, 2.45) is 7.05 Å². The molecule has 0 fully saturated rings. The summed E-state index contributed by atoms with van der Waals surface area (Å²) in [6.07, 6.45) is 1.51. The number of aromatic nitrogens is 4. The second-order valence-electron chi connectivity index (χ2n) is 5.72. The van der Waals surface area contributed by atoms with Gasteiger partial charge in [0.1, 0.15) is 17.6 Å². The standard InChI is InChI=1S/C16H14ClN5O3/c1-8-14(24)13-15(21(8)2)18-7-22(13)6-12(23)20-16-19-10-4-3-9(17)5-11(10)25-16/h3-5,7,24H,6H2,1-2H3,(H,19,20,23). The maximum atomic E-state index is 12.3. The van der Waals surface area contributed by atoms with Crippen LogP contribution in [0.4, 0.5) is 6.01 Å². The van der Waals surface area contributed by atoms with Crippen molar-refractivity contribution in [1.29, 1.82) is 0 Å². The third-order valence-corrected chi connectivity index (χ3v) is 4.35. The molecule has 3 aromatic heterocycles. The van der Waals surface area contributed by atoms with Crippen molar-refractivity contribution in [3.05, 3.63) is 35.2 Å². The number of carbonyl (C=O) groups excluding carboxylic acids is 1. The number of oxazole rings is 1. The molecule has 0 bridgehead atoms. The largest absolute Gasteiger partial charge is 0.504 e. The fourth-order valence-electron chi connectivity index (χ4n) is 2.73. The monoisotopic (exact) mass is 359 g/mol. The average Bonchev–Trinajstić information content (AvgIpc) is 3.20. The number of hydrogen-bond donors (Lipinski definition) is 2. The first kappa shape index (κ1) is 15.5. The molecular formula is C16H14ClN5O3. The van der Waals surface area contributed by atoms with Crippen LogP contribution in [0.15, 0.2) is 28.9 Å². The molecule has 0 unspecified atom stereocenters. The number of fused-ring (bicyclic) bond motifs is 2. The van der Waals surface area contributed by atoms with E-state index in [1.54, 1.807) is 41.3 Å². The van der Waals surface area contributed by atoms with Crippen LogP contribution in [0.3, 0.4) is 0 Å². The van der Waals surface area contributed by atoms with Gasteiger partial charge in [0.05, 0.1) is 12.0 Å². The van der Waals surface area contributed by atoms with Crippen LogP contribution in [0, 0.1) is 6.92 Å². The number of aromatic hydroxyl groups is 1. The molecule has 4 rings (SSSR count). The normalized spacial score (nSPS) is 11.5. The van der Waals surface area contributed by atoms with Gasteiger partial charge < -0.3 is 18.7 Å². The van der Waals surface area contributed by atoms with E-state index in [2.05, 4.69) is 15.3 Å². The smallest absolute Gasteiger partial charge is 0.302 e. The lowest BCUT2D eigenvalue weighted by molar-refractivity contribution is -0.116. The molecule has 9 heteroatoms. The molecule has 8 nitrogen and oxygen atoms in total. The first-order valence-electron chi connectivity index (χ1n) is 7.49. The summed E-state index contributed by atoms with van der Waals surface area (Å²) in [5.41, 5.74) is 2.90. The maximum absolute atomic E-state index is 12.3. The maximum Gasteiger partial charge on any atom is 0.302 e. The number of anilines is 1. The summed E-state index contributed by atoms with van der Waals surface area (Å²) in [7, 11) is 1.80. The summed E-state index contributed by atoms with van der Waals surface area (Å²) in [6.45, 7) is 1.75. The van der Waals surface area contributed by atoms with Crippen molar-refractivity contribution in [3.63, 3.8) is 0 Å². The summed E-state index contributed by atoms with van der Waals surface area (Å²) < 4.78 is 8.81. The van der Waals surface area contributed by atoms with Crippen LogP contribution in [0.5, 0.6) is 5.75 Å². The summed E-state index contributed by atoms with van der Waals surface area (Å²) in [4.78, 5) is 20.7. The number of nitrogens with zero attached hydrogens (tertiary/aromatic N) is 4. The molecule has 128 valence electrons. The van der Waals surface area contributed by atoms with E-state index in [-0.39, 0.29) is 24.2 Å². The topological polar surface area (TPSA) is 98.1 Å². The van der Waals surface area contributed by atoms with E-state index >= 15 is 0 Å². The number of aryl methyl sites for hydroxylation is 1. The number of nitrogens with one attached hydrogen (secondary N) is 1. The van der Waals surface area contributed by atoms with Crippen molar-refractivity contribution in [2.75, 3.05) is 5.32 Å². The molecular weight excluding hydrogens is 346 g/mol. The highest BCUT2D eigenvalue weighted by Crippen LogP contribution is 2.30. The van der Waals surface area contributed by atoms with E-state index < -0.39 is 0 Å². The third kappa shape index (κ3) is 2.51. The Balaban J connectivity index is 1.58. The van der Waals surface area contributed by atoms with Gasteiger partial charge in [-0.25, -0.2) is 4.98 Å². The zero-order valence-corrected chi connectivity index (χ0v) is 14.2. The molecule has 0 spiro atoms. The van der Waals surface area contributed by atoms with Gasteiger partial charge in [-0.1, -0.05) is 11.6 Å². The molecule has 0 aliphatic heterocycles. The van der Waals surface area contributed by atoms with Crippen molar-refractivity contribution in [3.8, 4) is 5.75 Å². The average molecular weight is 360 g/mol. The number of carbonyl (C=O) groups is 1. The third-order valence-electron chi connectivity index (χ3n) is 4.12. The first-order valence-corrected chi connectivity index (χ1v) is 7.87. The van der Waals surface area contributed by atoms with E-state index in [4.69, 9.17) is 16.0 Å². The summed E-state index contributed by atoms with van der Waals surface area (Å²) in [6, 6.07) is 5.12. The summed E-state index contributed by atoms with van der Waals surface area (Å²) >= 11 is 5.90. The summed E-state index contributed by atoms with van der Waals surface area (Å²) in [5, 5.41) is 13.3. The zero-order chi connectivity index (χ0) is 17.7. The van der Waals surface area contributed by atoms with Gasteiger partial charge >= 0.3 is 6.01 Å². The van der Waals surface area contributed by atoms with Crippen LogP contribution in [0.2, 0.25) is 5.02 Å². The predicted molar refractivity (Wildman–Crippen MR) is 92.8 cm³/mol. The van der Waals surface area contributed by atoms with Gasteiger partial charge in [0, 0.05) is 18.1 Å². The van der Waals surface area contributed by atoms with Gasteiger partial charge in [-0.3, -0.25) is 10.1 Å². The number of hydrogen-bond acceptors (Lipinski definition) is 5. The van der Waals surface area contributed by atoms with Crippen molar-refractivity contribution >= 4 is 45.8 Å². The highest BCUT2D eigenvalue weighted by Gasteiger charge is 2.18. The Morgan fingerprint density at radius 2 is 2.24 bits per heavy atom. The minimum absolute atomic E-state index is 0.0347. The lowest BCUT2D eigenvalue weighted by atomic mass is 10.3. The van der Waals surface area contributed by atoms with Crippen LogP contribution in [0.25, 0.3) is 22.3 Å². The van der Waals surface area contributed by atoms with Crippen molar-refractivity contribution < 1.29 is 14.3 Å². The molecule has 3 heterocycles. The Morgan fingerprint density at radius 3 is 3.04 bits per heavy atom. The van der Waals surface area contributed by atoms with E-state index in [1.807, 2.05) is 0 Å². The minimum atomic E-state index is -0.349. The molecule has 0 saturated heterocycles. The number of amides is 1. The molecule has 0 atom stereocenters. The van der Waals surface area contributed by atoms with E-state index in [0.29, 0.717) is 33.0 Å². The van der Waals surface area contributed by atoms with Gasteiger partial charge in [-0.05, 0) is 19.1 Å². The number of benzene rings is 1. The van der Waals surface area contributed by atoms with Crippen LogP contribution in [-0.4, -0.2) is 30.1 Å². The SMILES string of the molecule is Cc1c(O)c2c(ncn2CC(=O)Nc2nc3ccc(Cl)cc3o2)n1C. The minimum Gasteiger partial charge on any atom is -0.504 e. The van der Waals surface area contributed by atoms with Crippen LogP contribution >= 0.6 is 11.6 Å². The second kappa shape index (κ2) is 5.52. The van der Waals surface area contributed by atoms with E-state index in [0.717, 1.165) is 0 Å². The lowest BCUT2D eigenvalue weighted by Crippen LogP contribution is -2.18. The number of imidazole rings is 1. The molecule has 0 aliphatic rings. The fraction of sp³-hybridized carbons (Fsp3) is 0.188. The van der Waals surface area contributed by atoms with Crippen molar-refractivity contribution in [2.45, 2.75) is 13.5 Å². The Kier molecular flexibility index (Phi) is 3.43. The van der Waals surface area contributed by atoms with Gasteiger partial charge in [0.15, 0.2) is 17.0 Å². The molecule has 0 saturated carbocycles. The van der Waals surface area contributed by atoms with Crippen LogP contribution < -0.4 is 5.32 Å². The highest BCUT2D eigenvalue weighted by molar-refractivity contribution is 6.31. The van der Waals surface area contributed by atoms with Crippen molar-refractivity contribution in [1.82, 2.24) is 19.1 Å². The molecule has 0 radical (unpaired) electrons. The molecule has 1 aromatic carbocycles.